The quantitative estimate of drug-likeness (QED) is 0.898. The Morgan fingerprint density at radius 2 is 1.90 bits per heavy atom. The number of carbonyl (C=O) groups is 1. The molecule has 5 nitrogen and oxygen atoms in total. The first-order chi connectivity index (χ1) is 9.54. The van der Waals surface area contributed by atoms with E-state index in [0.717, 1.165) is 43.4 Å². The van der Waals surface area contributed by atoms with Crippen LogP contribution in [0.1, 0.15) is 37.7 Å². The summed E-state index contributed by atoms with van der Waals surface area (Å²) in [7, 11) is -3.32. The van der Waals surface area contributed by atoms with Crippen molar-refractivity contribution in [3.8, 4) is 0 Å². The Morgan fingerprint density at radius 1 is 1.15 bits per heavy atom. The molecular weight excluding hydrogens is 276 g/mol. The zero-order valence-electron chi connectivity index (χ0n) is 11.2. The van der Waals surface area contributed by atoms with Gasteiger partial charge in [0, 0.05) is 11.4 Å². The van der Waals surface area contributed by atoms with E-state index in [1.54, 1.807) is 18.2 Å². The summed E-state index contributed by atoms with van der Waals surface area (Å²) in [4.78, 5) is 11.3. The van der Waals surface area contributed by atoms with E-state index in [4.69, 9.17) is 0 Å². The molecule has 108 valence electrons. The lowest BCUT2D eigenvalue weighted by Crippen LogP contribution is -2.29. The lowest BCUT2D eigenvalue weighted by Gasteiger charge is -2.22. The fourth-order valence-electron chi connectivity index (χ4n) is 2.92. The topological polar surface area (TPSA) is 75.3 Å². The third kappa shape index (κ3) is 2.65. The summed E-state index contributed by atoms with van der Waals surface area (Å²) in [5.74, 6) is -0.0488. The van der Waals surface area contributed by atoms with Gasteiger partial charge < -0.3 is 5.32 Å². The largest absolute Gasteiger partial charge is 0.326 e. The highest BCUT2D eigenvalue weighted by Crippen LogP contribution is 2.29. The van der Waals surface area contributed by atoms with Crippen LogP contribution >= 0.6 is 0 Å². The SMILES string of the molecule is O=C1Cc2cc(NS(=O)(=O)C3CCCCC3)ccc2N1. The van der Waals surface area contributed by atoms with E-state index < -0.39 is 10.0 Å². The van der Waals surface area contributed by atoms with Crippen LogP contribution in [0.2, 0.25) is 0 Å². The number of benzene rings is 1. The number of hydrogen-bond donors (Lipinski definition) is 2. The maximum atomic E-state index is 12.3. The average molecular weight is 294 g/mol. The fraction of sp³-hybridized carbons (Fsp3) is 0.500. The molecule has 0 atom stereocenters. The van der Waals surface area contributed by atoms with Gasteiger partial charge in [-0.2, -0.15) is 0 Å². The number of hydrogen-bond acceptors (Lipinski definition) is 3. The zero-order chi connectivity index (χ0) is 14.2. The van der Waals surface area contributed by atoms with Crippen molar-refractivity contribution in [3.63, 3.8) is 0 Å². The smallest absolute Gasteiger partial charge is 0.235 e. The van der Waals surface area contributed by atoms with Gasteiger partial charge in [0.05, 0.1) is 11.7 Å². The molecule has 0 radical (unpaired) electrons. The first kappa shape index (κ1) is 13.4. The van der Waals surface area contributed by atoms with Gasteiger partial charge in [0.1, 0.15) is 0 Å². The zero-order valence-corrected chi connectivity index (χ0v) is 12.0. The van der Waals surface area contributed by atoms with Crippen LogP contribution in [0.3, 0.4) is 0 Å². The van der Waals surface area contributed by atoms with Crippen molar-refractivity contribution in [2.45, 2.75) is 43.8 Å². The molecule has 0 bridgehead atoms. The number of amides is 1. The molecule has 2 N–H and O–H groups in total. The Balaban J connectivity index is 1.77. The third-order valence-corrected chi connectivity index (χ3v) is 5.85. The standard InChI is InChI=1S/C14H18N2O3S/c17-14-9-10-8-11(6-7-13(10)15-14)16-20(18,19)12-4-2-1-3-5-12/h6-8,12,16H,1-5,9H2,(H,15,17). The van der Waals surface area contributed by atoms with Crippen molar-refractivity contribution in [3.05, 3.63) is 23.8 Å². The molecule has 1 aromatic rings. The Labute approximate surface area is 118 Å². The predicted octanol–water partition coefficient (Wildman–Crippen LogP) is 2.26. The Bertz CT molecular complexity index is 634. The summed E-state index contributed by atoms with van der Waals surface area (Å²) in [6, 6.07) is 5.19. The van der Waals surface area contributed by atoms with Crippen LogP contribution in [0.15, 0.2) is 18.2 Å². The van der Waals surface area contributed by atoms with Crippen LogP contribution in [0, 0.1) is 0 Å². The summed E-state index contributed by atoms with van der Waals surface area (Å²) in [5, 5.41) is 2.45. The third-order valence-electron chi connectivity index (χ3n) is 3.98. The van der Waals surface area contributed by atoms with E-state index in [1.807, 2.05) is 0 Å². The summed E-state index contributed by atoms with van der Waals surface area (Å²) >= 11 is 0. The first-order valence-corrected chi connectivity index (χ1v) is 8.54. The fourth-order valence-corrected chi connectivity index (χ4v) is 4.49. The molecule has 1 aliphatic heterocycles. The second-order valence-corrected chi connectivity index (χ2v) is 7.46. The minimum Gasteiger partial charge on any atom is -0.326 e. The first-order valence-electron chi connectivity index (χ1n) is 6.99. The van der Waals surface area contributed by atoms with Gasteiger partial charge in [0.25, 0.3) is 0 Å². The molecule has 1 aliphatic carbocycles. The van der Waals surface area contributed by atoms with Gasteiger partial charge in [-0.25, -0.2) is 8.42 Å². The molecule has 0 unspecified atom stereocenters. The van der Waals surface area contributed by atoms with Crippen molar-refractivity contribution in [1.29, 1.82) is 0 Å². The predicted molar refractivity (Wildman–Crippen MR) is 78.2 cm³/mol. The highest BCUT2D eigenvalue weighted by Gasteiger charge is 2.27. The number of fused-ring (bicyclic) bond motifs is 1. The van der Waals surface area contributed by atoms with E-state index in [0.29, 0.717) is 12.1 Å². The summed E-state index contributed by atoms with van der Waals surface area (Å²) in [6.07, 6.45) is 4.87. The molecule has 1 saturated carbocycles. The van der Waals surface area contributed by atoms with Gasteiger partial charge >= 0.3 is 0 Å². The summed E-state index contributed by atoms with van der Waals surface area (Å²) in [6.45, 7) is 0. The molecule has 0 aromatic heterocycles. The molecule has 1 heterocycles. The Hall–Kier alpha value is -1.56. The van der Waals surface area contributed by atoms with Gasteiger partial charge in [0.2, 0.25) is 15.9 Å². The molecule has 3 rings (SSSR count). The molecule has 1 aromatic carbocycles. The van der Waals surface area contributed by atoms with Gasteiger partial charge in [-0.05, 0) is 36.6 Å². The highest BCUT2D eigenvalue weighted by atomic mass is 32.2. The molecule has 6 heteroatoms. The van der Waals surface area contributed by atoms with Crippen molar-refractivity contribution in [2.24, 2.45) is 0 Å². The van der Waals surface area contributed by atoms with Crippen LogP contribution in [-0.2, 0) is 21.2 Å². The summed E-state index contributed by atoms with van der Waals surface area (Å²) < 4.78 is 27.3. The lowest BCUT2D eigenvalue weighted by molar-refractivity contribution is -0.115. The lowest BCUT2D eigenvalue weighted by atomic mass is 10.0. The molecular formula is C14H18N2O3S. The molecule has 2 aliphatic rings. The van der Waals surface area contributed by atoms with Crippen molar-refractivity contribution in [2.75, 3.05) is 10.0 Å². The van der Waals surface area contributed by atoms with Crippen LogP contribution in [-0.4, -0.2) is 19.6 Å². The van der Waals surface area contributed by atoms with Gasteiger partial charge in [-0.3, -0.25) is 9.52 Å². The van der Waals surface area contributed by atoms with Gasteiger partial charge in [-0.1, -0.05) is 19.3 Å². The average Bonchev–Trinajstić information content (AvgIpc) is 2.79. The monoisotopic (exact) mass is 294 g/mol. The van der Waals surface area contributed by atoms with E-state index in [9.17, 15) is 13.2 Å². The number of carbonyl (C=O) groups excluding carboxylic acids is 1. The molecule has 20 heavy (non-hydrogen) atoms. The van der Waals surface area contributed by atoms with Crippen LogP contribution in [0.25, 0.3) is 0 Å². The second-order valence-electron chi connectivity index (χ2n) is 5.50. The number of rotatable bonds is 3. The molecule has 1 amide bonds. The van der Waals surface area contributed by atoms with Crippen molar-refractivity contribution < 1.29 is 13.2 Å². The van der Waals surface area contributed by atoms with E-state index in [2.05, 4.69) is 10.0 Å². The van der Waals surface area contributed by atoms with Crippen LogP contribution in [0.5, 0.6) is 0 Å². The second kappa shape index (κ2) is 5.09. The molecule has 0 saturated heterocycles. The van der Waals surface area contributed by atoms with Crippen LogP contribution < -0.4 is 10.0 Å². The summed E-state index contributed by atoms with van der Waals surface area (Å²) in [5.41, 5.74) is 2.17. The van der Waals surface area contributed by atoms with E-state index in [-0.39, 0.29) is 11.2 Å². The Morgan fingerprint density at radius 3 is 2.65 bits per heavy atom. The van der Waals surface area contributed by atoms with Gasteiger partial charge in [0.15, 0.2) is 0 Å². The normalized spacial score (nSPS) is 19.5. The van der Waals surface area contributed by atoms with Crippen molar-refractivity contribution >= 4 is 27.3 Å². The maximum absolute atomic E-state index is 12.3. The Kier molecular flexibility index (Phi) is 3.41. The van der Waals surface area contributed by atoms with Gasteiger partial charge in [-0.15, -0.1) is 0 Å². The highest BCUT2D eigenvalue weighted by molar-refractivity contribution is 7.93. The maximum Gasteiger partial charge on any atom is 0.235 e. The minimum atomic E-state index is -3.32. The molecule has 0 spiro atoms. The number of anilines is 2. The molecule has 1 fully saturated rings. The van der Waals surface area contributed by atoms with Crippen molar-refractivity contribution in [1.82, 2.24) is 0 Å². The number of nitrogens with one attached hydrogen (secondary N) is 2. The van der Waals surface area contributed by atoms with Crippen LogP contribution in [0.4, 0.5) is 11.4 Å². The van der Waals surface area contributed by atoms with E-state index in [1.165, 1.54) is 0 Å². The van der Waals surface area contributed by atoms with E-state index >= 15 is 0 Å². The minimum absolute atomic E-state index is 0.0488. The number of sulfonamides is 1.